The molecule has 0 aromatic carbocycles. The fourth-order valence-electron chi connectivity index (χ4n) is 2.96. The predicted octanol–water partition coefficient (Wildman–Crippen LogP) is 3.41. The zero-order chi connectivity index (χ0) is 14.9. The van der Waals surface area contributed by atoms with Gasteiger partial charge in [-0.15, -0.1) is 0 Å². The monoisotopic (exact) mass is 276 g/mol. The number of carbonyl (C=O) groups is 1. The van der Waals surface area contributed by atoms with Gasteiger partial charge in [-0.1, -0.05) is 20.3 Å². The van der Waals surface area contributed by atoms with Crippen molar-refractivity contribution >= 4 is 11.7 Å². The minimum atomic E-state index is -0.881. The highest BCUT2D eigenvalue weighted by molar-refractivity contribution is 5.95. The molecule has 1 saturated heterocycles. The average Bonchev–Trinajstić information content (AvgIpc) is 2.38. The first-order valence-corrected chi connectivity index (χ1v) is 7.33. The Balaban J connectivity index is 2.32. The topological polar surface area (TPSA) is 53.4 Å². The lowest BCUT2D eigenvalue weighted by atomic mass is 9.78. The van der Waals surface area contributed by atoms with Crippen molar-refractivity contribution in [3.05, 3.63) is 23.0 Å². The maximum Gasteiger partial charge on any atom is 0.339 e. The molecule has 20 heavy (non-hydrogen) atoms. The Hall–Kier alpha value is -1.58. The first-order chi connectivity index (χ1) is 9.36. The quantitative estimate of drug-likeness (QED) is 0.919. The van der Waals surface area contributed by atoms with Gasteiger partial charge < -0.3 is 10.0 Å². The Morgan fingerprint density at radius 1 is 1.40 bits per heavy atom. The third kappa shape index (κ3) is 2.79. The highest BCUT2D eigenvalue weighted by Gasteiger charge is 2.30. The van der Waals surface area contributed by atoms with E-state index in [2.05, 4.69) is 23.7 Å². The molecule has 0 unspecified atom stereocenters. The van der Waals surface area contributed by atoms with Crippen LogP contribution in [0.5, 0.6) is 0 Å². The number of aromatic carboxylic acids is 1. The molecule has 2 rings (SSSR count). The van der Waals surface area contributed by atoms with Crippen LogP contribution in [0.4, 0.5) is 5.69 Å². The van der Waals surface area contributed by atoms with Gasteiger partial charge in [0.15, 0.2) is 0 Å². The highest BCUT2D eigenvalue weighted by Crippen LogP contribution is 2.37. The molecule has 0 spiro atoms. The Bertz CT molecular complexity index is 517. The van der Waals surface area contributed by atoms with E-state index >= 15 is 0 Å². The molecule has 110 valence electrons. The second-order valence-electron chi connectivity index (χ2n) is 6.20. The minimum Gasteiger partial charge on any atom is -0.478 e. The van der Waals surface area contributed by atoms with E-state index < -0.39 is 5.97 Å². The fraction of sp³-hybridized carbons (Fsp3) is 0.625. The van der Waals surface area contributed by atoms with Crippen LogP contribution in [0.1, 0.15) is 54.9 Å². The summed E-state index contributed by atoms with van der Waals surface area (Å²) in [5.41, 5.74) is 3.08. The number of carboxylic acid groups (broad SMARTS) is 1. The normalized spacial score (nSPS) is 18.1. The molecule has 1 aromatic rings. The number of pyridine rings is 1. The Labute approximate surface area is 120 Å². The molecule has 0 aliphatic carbocycles. The number of carboxylic acids is 1. The fourth-order valence-corrected chi connectivity index (χ4v) is 2.96. The van der Waals surface area contributed by atoms with Crippen molar-refractivity contribution in [2.24, 2.45) is 5.41 Å². The molecule has 0 radical (unpaired) electrons. The SMILES string of the molecule is CCC1(C)CCN(c2cc(C)nc(C)c2C(=O)O)CC1. The van der Waals surface area contributed by atoms with Gasteiger partial charge in [-0.25, -0.2) is 4.79 Å². The van der Waals surface area contributed by atoms with Gasteiger partial charge in [-0.05, 0) is 38.2 Å². The van der Waals surface area contributed by atoms with Crippen molar-refractivity contribution in [1.29, 1.82) is 0 Å². The van der Waals surface area contributed by atoms with Crippen LogP contribution in [-0.4, -0.2) is 29.1 Å². The van der Waals surface area contributed by atoms with Gasteiger partial charge in [0.25, 0.3) is 0 Å². The molecule has 0 bridgehead atoms. The largest absolute Gasteiger partial charge is 0.478 e. The maximum absolute atomic E-state index is 11.5. The van der Waals surface area contributed by atoms with Crippen LogP contribution in [0.3, 0.4) is 0 Å². The molecule has 1 fully saturated rings. The number of aryl methyl sites for hydroxylation is 2. The summed E-state index contributed by atoms with van der Waals surface area (Å²) < 4.78 is 0. The molecule has 2 heterocycles. The van der Waals surface area contributed by atoms with Gasteiger partial charge >= 0.3 is 5.97 Å². The van der Waals surface area contributed by atoms with E-state index in [1.54, 1.807) is 6.92 Å². The van der Waals surface area contributed by atoms with Crippen molar-refractivity contribution in [3.63, 3.8) is 0 Å². The van der Waals surface area contributed by atoms with Gasteiger partial charge in [0.1, 0.15) is 5.56 Å². The summed E-state index contributed by atoms with van der Waals surface area (Å²) in [5.74, 6) is -0.881. The minimum absolute atomic E-state index is 0.357. The number of rotatable bonds is 3. The molecule has 1 N–H and O–H groups in total. The van der Waals surface area contributed by atoms with Crippen molar-refractivity contribution in [3.8, 4) is 0 Å². The lowest BCUT2D eigenvalue weighted by Gasteiger charge is -2.40. The van der Waals surface area contributed by atoms with Crippen LogP contribution in [0.25, 0.3) is 0 Å². The van der Waals surface area contributed by atoms with E-state index in [-0.39, 0.29) is 0 Å². The summed E-state index contributed by atoms with van der Waals surface area (Å²) in [6, 6.07) is 1.91. The second-order valence-corrected chi connectivity index (χ2v) is 6.20. The molecule has 0 amide bonds. The van der Waals surface area contributed by atoms with E-state index in [0.717, 1.165) is 37.3 Å². The smallest absolute Gasteiger partial charge is 0.339 e. The first kappa shape index (κ1) is 14.8. The summed E-state index contributed by atoms with van der Waals surface area (Å²) in [4.78, 5) is 18.0. The van der Waals surface area contributed by atoms with Crippen LogP contribution in [0.15, 0.2) is 6.07 Å². The van der Waals surface area contributed by atoms with Gasteiger partial charge in [-0.3, -0.25) is 4.98 Å². The van der Waals surface area contributed by atoms with E-state index in [1.807, 2.05) is 13.0 Å². The van der Waals surface area contributed by atoms with Gasteiger partial charge in [0.2, 0.25) is 0 Å². The predicted molar refractivity (Wildman–Crippen MR) is 80.5 cm³/mol. The number of anilines is 1. The maximum atomic E-state index is 11.5. The van der Waals surface area contributed by atoms with Crippen LogP contribution in [-0.2, 0) is 0 Å². The van der Waals surface area contributed by atoms with E-state index in [9.17, 15) is 9.90 Å². The van der Waals surface area contributed by atoms with E-state index in [1.165, 1.54) is 6.42 Å². The number of aromatic nitrogens is 1. The van der Waals surface area contributed by atoms with Crippen LogP contribution >= 0.6 is 0 Å². The third-order valence-corrected chi connectivity index (χ3v) is 4.69. The molecule has 0 saturated carbocycles. The third-order valence-electron chi connectivity index (χ3n) is 4.69. The van der Waals surface area contributed by atoms with Crippen molar-refractivity contribution in [2.75, 3.05) is 18.0 Å². The second kappa shape index (κ2) is 5.43. The first-order valence-electron chi connectivity index (χ1n) is 7.33. The number of hydrogen-bond acceptors (Lipinski definition) is 3. The Morgan fingerprint density at radius 3 is 2.50 bits per heavy atom. The molecular formula is C16H24N2O2. The van der Waals surface area contributed by atoms with Crippen molar-refractivity contribution < 1.29 is 9.90 Å². The van der Waals surface area contributed by atoms with Gasteiger partial charge in [-0.2, -0.15) is 0 Å². The Kier molecular flexibility index (Phi) is 4.02. The van der Waals surface area contributed by atoms with Crippen LogP contribution in [0.2, 0.25) is 0 Å². The summed E-state index contributed by atoms with van der Waals surface area (Å²) in [7, 11) is 0. The molecule has 0 atom stereocenters. The number of piperidine rings is 1. The standard InChI is InChI=1S/C16H24N2O2/c1-5-16(4)6-8-18(9-7-16)13-10-11(2)17-12(3)14(13)15(19)20/h10H,5-9H2,1-4H3,(H,19,20). The highest BCUT2D eigenvalue weighted by atomic mass is 16.4. The molecule has 1 aliphatic rings. The lowest BCUT2D eigenvalue weighted by Crippen LogP contribution is -2.39. The summed E-state index contributed by atoms with van der Waals surface area (Å²) in [6.45, 7) is 10.1. The van der Waals surface area contributed by atoms with Crippen LogP contribution < -0.4 is 4.90 Å². The summed E-state index contributed by atoms with van der Waals surface area (Å²) >= 11 is 0. The molecule has 4 nitrogen and oxygen atoms in total. The molecule has 1 aromatic heterocycles. The van der Waals surface area contributed by atoms with Crippen molar-refractivity contribution in [2.45, 2.75) is 47.0 Å². The number of hydrogen-bond donors (Lipinski definition) is 1. The van der Waals surface area contributed by atoms with E-state index in [4.69, 9.17) is 0 Å². The summed E-state index contributed by atoms with van der Waals surface area (Å²) in [6.07, 6.45) is 3.41. The summed E-state index contributed by atoms with van der Waals surface area (Å²) in [5, 5.41) is 9.45. The zero-order valence-electron chi connectivity index (χ0n) is 12.9. The van der Waals surface area contributed by atoms with Gasteiger partial charge in [0, 0.05) is 18.8 Å². The zero-order valence-corrected chi connectivity index (χ0v) is 12.9. The molecule has 4 heteroatoms. The van der Waals surface area contributed by atoms with Gasteiger partial charge in [0.05, 0.1) is 11.4 Å². The van der Waals surface area contributed by atoms with Crippen molar-refractivity contribution in [1.82, 2.24) is 4.98 Å². The average molecular weight is 276 g/mol. The van der Waals surface area contributed by atoms with Crippen LogP contribution in [0, 0.1) is 19.3 Å². The molecule has 1 aliphatic heterocycles. The Morgan fingerprint density at radius 2 is 2.00 bits per heavy atom. The lowest BCUT2D eigenvalue weighted by molar-refractivity contribution is 0.0696. The van der Waals surface area contributed by atoms with E-state index in [0.29, 0.717) is 16.7 Å². The number of nitrogens with zero attached hydrogens (tertiary/aromatic N) is 2. The molecular weight excluding hydrogens is 252 g/mol.